The van der Waals surface area contributed by atoms with Gasteiger partial charge < -0.3 is 15.0 Å². The Morgan fingerprint density at radius 2 is 1.57 bits per heavy atom. The molecule has 0 saturated carbocycles. The molecule has 1 N–H and O–H groups in total. The Hall–Kier alpha value is -2.53. The van der Waals surface area contributed by atoms with Crippen LogP contribution in [0, 0.1) is 5.92 Å². The predicted molar refractivity (Wildman–Crippen MR) is 111 cm³/mol. The summed E-state index contributed by atoms with van der Waals surface area (Å²) in [6, 6.07) is 14.2. The summed E-state index contributed by atoms with van der Waals surface area (Å²) in [4.78, 5) is 27.0. The molecule has 150 valence electrons. The summed E-state index contributed by atoms with van der Waals surface area (Å²) in [5.41, 5.74) is 1.88. The van der Waals surface area contributed by atoms with Crippen LogP contribution in [-0.2, 0) is 22.7 Å². The van der Waals surface area contributed by atoms with Gasteiger partial charge in [0.2, 0.25) is 11.8 Å². The van der Waals surface area contributed by atoms with E-state index in [0.717, 1.165) is 16.9 Å². The molecule has 0 aliphatic heterocycles. The van der Waals surface area contributed by atoms with Crippen molar-refractivity contribution in [3.05, 3.63) is 64.7 Å². The maximum atomic E-state index is 12.7. The van der Waals surface area contributed by atoms with Gasteiger partial charge in [-0.1, -0.05) is 49.7 Å². The Morgan fingerprint density at radius 1 is 1.00 bits per heavy atom. The average Bonchev–Trinajstić information content (AvgIpc) is 2.70. The highest BCUT2D eigenvalue weighted by Gasteiger charge is 2.27. The maximum absolute atomic E-state index is 12.7. The third-order valence-corrected chi connectivity index (χ3v) is 4.77. The van der Waals surface area contributed by atoms with Crippen LogP contribution in [0.4, 0.5) is 0 Å². The zero-order valence-electron chi connectivity index (χ0n) is 16.7. The van der Waals surface area contributed by atoms with Crippen LogP contribution in [0.2, 0.25) is 5.02 Å². The maximum Gasteiger partial charge on any atom is 0.242 e. The second-order valence-corrected chi connectivity index (χ2v) is 7.43. The highest BCUT2D eigenvalue weighted by molar-refractivity contribution is 6.30. The van der Waals surface area contributed by atoms with Crippen LogP contribution in [-0.4, -0.2) is 29.9 Å². The van der Waals surface area contributed by atoms with Crippen molar-refractivity contribution < 1.29 is 14.3 Å². The third-order valence-electron chi connectivity index (χ3n) is 4.52. The van der Waals surface area contributed by atoms with Crippen molar-refractivity contribution in [2.24, 2.45) is 5.92 Å². The fourth-order valence-electron chi connectivity index (χ4n) is 2.75. The van der Waals surface area contributed by atoms with E-state index in [0.29, 0.717) is 18.1 Å². The zero-order valence-corrected chi connectivity index (χ0v) is 17.5. The Bertz CT molecular complexity index is 788. The molecular formula is C22H27ClN2O3. The van der Waals surface area contributed by atoms with Gasteiger partial charge in [0.1, 0.15) is 11.8 Å². The summed E-state index contributed by atoms with van der Waals surface area (Å²) < 4.78 is 5.14. The van der Waals surface area contributed by atoms with Gasteiger partial charge in [0.25, 0.3) is 0 Å². The van der Waals surface area contributed by atoms with E-state index >= 15 is 0 Å². The molecule has 0 saturated heterocycles. The summed E-state index contributed by atoms with van der Waals surface area (Å²) in [6.45, 7) is 6.15. The summed E-state index contributed by atoms with van der Waals surface area (Å²) in [6.07, 6.45) is 0. The molecule has 0 bridgehead atoms. The predicted octanol–water partition coefficient (Wildman–Crippen LogP) is 4.04. The number of benzene rings is 2. The summed E-state index contributed by atoms with van der Waals surface area (Å²) >= 11 is 5.94. The van der Waals surface area contributed by atoms with E-state index in [1.54, 1.807) is 31.1 Å². The average molecular weight is 403 g/mol. The first kappa shape index (κ1) is 21.8. The molecule has 2 rings (SSSR count). The number of halogens is 1. The molecule has 0 fully saturated rings. The number of nitrogens with zero attached hydrogens (tertiary/aromatic N) is 1. The minimum absolute atomic E-state index is 0.0675. The molecule has 0 radical (unpaired) electrons. The molecular weight excluding hydrogens is 376 g/mol. The van der Waals surface area contributed by atoms with Crippen molar-refractivity contribution in [1.82, 2.24) is 10.2 Å². The first-order valence-corrected chi connectivity index (χ1v) is 9.65. The van der Waals surface area contributed by atoms with Crippen LogP contribution in [0.5, 0.6) is 5.75 Å². The van der Waals surface area contributed by atoms with E-state index in [1.165, 1.54) is 0 Å². The Kier molecular flexibility index (Phi) is 7.88. The van der Waals surface area contributed by atoms with Gasteiger partial charge in [-0.2, -0.15) is 0 Å². The molecule has 1 atom stereocenters. The zero-order chi connectivity index (χ0) is 20.7. The molecule has 0 aliphatic rings. The molecule has 1 unspecified atom stereocenters. The van der Waals surface area contributed by atoms with Crippen molar-refractivity contribution in [3.63, 3.8) is 0 Å². The Morgan fingerprint density at radius 3 is 2.11 bits per heavy atom. The van der Waals surface area contributed by atoms with E-state index in [9.17, 15) is 9.59 Å². The lowest BCUT2D eigenvalue weighted by Gasteiger charge is -2.30. The topological polar surface area (TPSA) is 58.6 Å². The number of amides is 2. The van der Waals surface area contributed by atoms with E-state index in [-0.39, 0.29) is 17.7 Å². The molecule has 0 aliphatic carbocycles. The van der Waals surface area contributed by atoms with E-state index in [2.05, 4.69) is 5.32 Å². The van der Waals surface area contributed by atoms with Gasteiger partial charge in [-0.05, 0) is 42.3 Å². The standard InChI is InChI=1S/C22H27ClN2O3/c1-15(2)22(27)25(14-18-5-9-19(23)10-6-18)16(3)21(26)24-13-17-7-11-20(28-4)12-8-17/h5-12,15-16H,13-14H2,1-4H3,(H,24,26). The summed E-state index contributed by atoms with van der Waals surface area (Å²) in [7, 11) is 1.61. The number of hydrogen-bond acceptors (Lipinski definition) is 3. The molecule has 0 spiro atoms. The smallest absolute Gasteiger partial charge is 0.242 e. The van der Waals surface area contributed by atoms with Gasteiger partial charge in [-0.15, -0.1) is 0 Å². The number of carbonyl (C=O) groups excluding carboxylic acids is 2. The van der Waals surface area contributed by atoms with Gasteiger partial charge in [0.15, 0.2) is 0 Å². The fraction of sp³-hybridized carbons (Fsp3) is 0.364. The minimum atomic E-state index is -0.594. The highest BCUT2D eigenvalue weighted by atomic mass is 35.5. The SMILES string of the molecule is COc1ccc(CNC(=O)C(C)N(Cc2ccc(Cl)cc2)C(=O)C(C)C)cc1. The van der Waals surface area contributed by atoms with Gasteiger partial charge in [-0.3, -0.25) is 9.59 Å². The van der Waals surface area contributed by atoms with Gasteiger partial charge in [0.05, 0.1) is 7.11 Å². The number of carbonyl (C=O) groups is 2. The second kappa shape index (κ2) is 10.1. The number of nitrogens with one attached hydrogen (secondary N) is 1. The van der Waals surface area contributed by atoms with Crippen molar-refractivity contribution >= 4 is 23.4 Å². The third kappa shape index (κ3) is 5.99. The molecule has 28 heavy (non-hydrogen) atoms. The number of hydrogen-bond donors (Lipinski definition) is 1. The highest BCUT2D eigenvalue weighted by Crippen LogP contribution is 2.16. The second-order valence-electron chi connectivity index (χ2n) is 6.99. The lowest BCUT2D eigenvalue weighted by molar-refractivity contribution is -0.143. The van der Waals surface area contributed by atoms with Crippen molar-refractivity contribution in [2.45, 2.75) is 39.9 Å². The van der Waals surface area contributed by atoms with E-state index in [4.69, 9.17) is 16.3 Å². The number of ether oxygens (including phenoxy) is 1. The van der Waals surface area contributed by atoms with Gasteiger partial charge in [-0.25, -0.2) is 0 Å². The van der Waals surface area contributed by atoms with Crippen LogP contribution in [0.1, 0.15) is 31.9 Å². The molecule has 2 aromatic rings. The lowest BCUT2D eigenvalue weighted by Crippen LogP contribution is -2.48. The van der Waals surface area contributed by atoms with Crippen LogP contribution in [0.3, 0.4) is 0 Å². The van der Waals surface area contributed by atoms with E-state index < -0.39 is 6.04 Å². The van der Waals surface area contributed by atoms with E-state index in [1.807, 2.05) is 50.2 Å². The van der Waals surface area contributed by atoms with Crippen LogP contribution in [0.25, 0.3) is 0 Å². The molecule has 0 aromatic heterocycles. The first-order chi connectivity index (χ1) is 13.3. The molecule has 6 heteroatoms. The van der Waals surface area contributed by atoms with Gasteiger partial charge >= 0.3 is 0 Å². The molecule has 0 heterocycles. The van der Waals surface area contributed by atoms with Crippen LogP contribution < -0.4 is 10.1 Å². The van der Waals surface area contributed by atoms with Gasteiger partial charge in [0, 0.05) is 24.0 Å². The minimum Gasteiger partial charge on any atom is -0.497 e. The quantitative estimate of drug-likeness (QED) is 0.725. The van der Waals surface area contributed by atoms with Crippen molar-refractivity contribution in [2.75, 3.05) is 7.11 Å². The summed E-state index contributed by atoms with van der Waals surface area (Å²) in [5.74, 6) is 0.296. The number of methoxy groups -OCH3 is 1. The molecule has 2 amide bonds. The number of rotatable bonds is 8. The van der Waals surface area contributed by atoms with Crippen LogP contribution >= 0.6 is 11.6 Å². The Labute approximate surface area is 171 Å². The Balaban J connectivity index is 2.06. The van der Waals surface area contributed by atoms with Crippen molar-refractivity contribution in [1.29, 1.82) is 0 Å². The molecule has 2 aromatic carbocycles. The normalized spacial score (nSPS) is 11.8. The summed E-state index contributed by atoms with van der Waals surface area (Å²) in [5, 5.41) is 3.55. The van der Waals surface area contributed by atoms with Crippen LogP contribution in [0.15, 0.2) is 48.5 Å². The monoisotopic (exact) mass is 402 g/mol. The van der Waals surface area contributed by atoms with Crippen molar-refractivity contribution in [3.8, 4) is 5.75 Å². The first-order valence-electron chi connectivity index (χ1n) is 9.27. The lowest BCUT2D eigenvalue weighted by atomic mass is 10.1. The molecule has 5 nitrogen and oxygen atoms in total. The largest absolute Gasteiger partial charge is 0.497 e. The fourth-order valence-corrected chi connectivity index (χ4v) is 2.87.